The van der Waals surface area contributed by atoms with Gasteiger partial charge in [0, 0.05) is 5.88 Å². The number of aryl methyl sites for hydroxylation is 1. The number of benzene rings is 3. The van der Waals surface area contributed by atoms with Crippen LogP contribution in [0.4, 0.5) is 0 Å². The predicted molar refractivity (Wildman–Crippen MR) is 105 cm³/mol. The van der Waals surface area contributed by atoms with Gasteiger partial charge in [0.15, 0.2) is 0 Å². The zero-order chi connectivity index (χ0) is 16.8. The molecule has 0 nitrogen and oxygen atoms in total. The molecule has 0 amide bonds. The van der Waals surface area contributed by atoms with Crippen molar-refractivity contribution in [3.05, 3.63) is 107 Å². The van der Waals surface area contributed by atoms with Crippen LogP contribution in [-0.4, -0.2) is 5.88 Å². The van der Waals surface area contributed by atoms with Gasteiger partial charge in [0.1, 0.15) is 0 Å². The Labute approximate surface area is 149 Å². The molecular weight excluding hydrogens is 312 g/mol. The maximum atomic E-state index is 6.16. The van der Waals surface area contributed by atoms with Crippen molar-refractivity contribution < 1.29 is 0 Å². The van der Waals surface area contributed by atoms with Gasteiger partial charge in [-0.3, -0.25) is 0 Å². The van der Waals surface area contributed by atoms with Gasteiger partial charge in [-0.2, -0.15) is 0 Å². The van der Waals surface area contributed by atoms with Gasteiger partial charge in [0.25, 0.3) is 0 Å². The Morgan fingerprint density at radius 1 is 0.667 bits per heavy atom. The zero-order valence-electron chi connectivity index (χ0n) is 13.9. The van der Waals surface area contributed by atoms with E-state index in [2.05, 4.69) is 91.9 Å². The van der Waals surface area contributed by atoms with E-state index in [1.165, 1.54) is 33.4 Å². The van der Waals surface area contributed by atoms with E-state index in [0.717, 1.165) is 6.42 Å². The highest BCUT2D eigenvalue weighted by molar-refractivity contribution is 6.18. The van der Waals surface area contributed by atoms with Crippen LogP contribution in [-0.2, 0) is 0 Å². The Bertz CT molecular complexity index is 800. The molecule has 0 aliphatic rings. The maximum Gasteiger partial charge on any atom is 0.0264 e. The van der Waals surface area contributed by atoms with Crippen molar-refractivity contribution in [2.75, 3.05) is 5.88 Å². The fourth-order valence-corrected chi connectivity index (χ4v) is 3.18. The standard InChI is InChI=1S/C23H21Cl/c1-18-12-14-21(15-13-18)23(20-10-6-3-7-11-20)22(16-17-24)19-8-4-2-5-9-19/h2-15H,16-17H2,1H3/b23-22-. The highest BCUT2D eigenvalue weighted by atomic mass is 35.5. The van der Waals surface area contributed by atoms with Gasteiger partial charge in [-0.25, -0.2) is 0 Å². The third-order valence-electron chi connectivity index (χ3n) is 4.17. The van der Waals surface area contributed by atoms with Crippen LogP contribution in [0.25, 0.3) is 11.1 Å². The average molecular weight is 333 g/mol. The normalized spacial score (nSPS) is 11.9. The zero-order valence-corrected chi connectivity index (χ0v) is 14.6. The van der Waals surface area contributed by atoms with Crippen molar-refractivity contribution in [2.24, 2.45) is 0 Å². The maximum absolute atomic E-state index is 6.16. The molecule has 0 fully saturated rings. The van der Waals surface area contributed by atoms with Crippen LogP contribution in [0.5, 0.6) is 0 Å². The molecule has 3 rings (SSSR count). The summed E-state index contributed by atoms with van der Waals surface area (Å²) in [5.41, 5.74) is 7.52. The van der Waals surface area contributed by atoms with Crippen LogP contribution in [0.1, 0.15) is 28.7 Å². The van der Waals surface area contributed by atoms with Crippen LogP contribution >= 0.6 is 11.6 Å². The lowest BCUT2D eigenvalue weighted by molar-refractivity contribution is 1.25. The Kier molecular flexibility index (Phi) is 5.51. The minimum atomic E-state index is 0.604. The minimum absolute atomic E-state index is 0.604. The smallest absolute Gasteiger partial charge is 0.0264 e. The molecule has 24 heavy (non-hydrogen) atoms. The lowest BCUT2D eigenvalue weighted by Crippen LogP contribution is -1.96. The van der Waals surface area contributed by atoms with Crippen molar-refractivity contribution in [1.82, 2.24) is 0 Å². The van der Waals surface area contributed by atoms with Crippen LogP contribution in [0, 0.1) is 6.92 Å². The van der Waals surface area contributed by atoms with Gasteiger partial charge >= 0.3 is 0 Å². The van der Waals surface area contributed by atoms with Crippen molar-refractivity contribution in [3.8, 4) is 0 Å². The van der Waals surface area contributed by atoms with E-state index in [-0.39, 0.29) is 0 Å². The van der Waals surface area contributed by atoms with Crippen molar-refractivity contribution >= 4 is 22.7 Å². The van der Waals surface area contributed by atoms with Crippen molar-refractivity contribution in [2.45, 2.75) is 13.3 Å². The van der Waals surface area contributed by atoms with Crippen LogP contribution < -0.4 is 0 Å². The second-order valence-electron chi connectivity index (χ2n) is 5.89. The van der Waals surface area contributed by atoms with Gasteiger partial charge in [0.05, 0.1) is 0 Å². The van der Waals surface area contributed by atoms with Gasteiger partial charge in [-0.05, 0) is 41.2 Å². The van der Waals surface area contributed by atoms with E-state index >= 15 is 0 Å². The number of hydrogen-bond acceptors (Lipinski definition) is 0. The summed E-state index contributed by atoms with van der Waals surface area (Å²) in [4.78, 5) is 0. The third-order valence-corrected chi connectivity index (χ3v) is 4.36. The molecule has 0 radical (unpaired) electrons. The van der Waals surface area contributed by atoms with E-state index in [1.807, 2.05) is 0 Å². The summed E-state index contributed by atoms with van der Waals surface area (Å²) in [6.07, 6.45) is 0.837. The molecule has 0 bridgehead atoms. The number of alkyl halides is 1. The number of rotatable bonds is 5. The van der Waals surface area contributed by atoms with Crippen LogP contribution in [0.2, 0.25) is 0 Å². The summed E-state index contributed by atoms with van der Waals surface area (Å²) in [7, 11) is 0. The van der Waals surface area contributed by atoms with Crippen LogP contribution in [0.15, 0.2) is 84.9 Å². The Hall–Kier alpha value is -2.31. The molecule has 0 saturated heterocycles. The molecule has 120 valence electrons. The Morgan fingerprint density at radius 3 is 1.71 bits per heavy atom. The molecule has 0 heterocycles. The summed E-state index contributed by atoms with van der Waals surface area (Å²) < 4.78 is 0. The van der Waals surface area contributed by atoms with E-state index in [9.17, 15) is 0 Å². The molecule has 0 aliphatic carbocycles. The summed E-state index contributed by atoms with van der Waals surface area (Å²) in [5, 5.41) is 0. The highest BCUT2D eigenvalue weighted by Crippen LogP contribution is 2.34. The molecule has 0 saturated carbocycles. The van der Waals surface area contributed by atoms with E-state index in [1.54, 1.807) is 0 Å². The number of allylic oxidation sites excluding steroid dienone is 1. The summed E-state index contributed by atoms with van der Waals surface area (Å²) >= 11 is 6.16. The molecule has 0 spiro atoms. The molecule has 0 unspecified atom stereocenters. The molecular formula is C23H21Cl. The van der Waals surface area contributed by atoms with Crippen molar-refractivity contribution in [1.29, 1.82) is 0 Å². The monoisotopic (exact) mass is 332 g/mol. The van der Waals surface area contributed by atoms with E-state index in [0.29, 0.717) is 5.88 Å². The lowest BCUT2D eigenvalue weighted by Gasteiger charge is -2.17. The predicted octanol–water partition coefficient (Wildman–Crippen LogP) is 6.58. The summed E-state index contributed by atoms with van der Waals surface area (Å²) in [5.74, 6) is 0.604. The molecule has 0 atom stereocenters. The number of hydrogen-bond donors (Lipinski definition) is 0. The quantitative estimate of drug-likeness (QED) is 0.365. The minimum Gasteiger partial charge on any atom is -0.126 e. The summed E-state index contributed by atoms with van der Waals surface area (Å²) in [6.45, 7) is 2.12. The Morgan fingerprint density at radius 2 is 1.17 bits per heavy atom. The Balaban J connectivity index is 2.26. The first-order chi connectivity index (χ1) is 11.8. The third kappa shape index (κ3) is 3.77. The van der Waals surface area contributed by atoms with Gasteiger partial charge in [-0.15, -0.1) is 11.6 Å². The first-order valence-corrected chi connectivity index (χ1v) is 8.80. The molecule has 0 aromatic heterocycles. The average Bonchev–Trinajstić information content (AvgIpc) is 2.64. The second-order valence-corrected chi connectivity index (χ2v) is 6.27. The number of halogens is 1. The first kappa shape index (κ1) is 16.5. The molecule has 0 N–H and O–H groups in total. The molecule has 3 aromatic rings. The van der Waals surface area contributed by atoms with Gasteiger partial charge < -0.3 is 0 Å². The fraction of sp³-hybridized carbons (Fsp3) is 0.130. The molecule has 3 aromatic carbocycles. The SMILES string of the molecule is Cc1ccc(/C(=C(/CCCl)c2ccccc2)c2ccccc2)cc1. The topological polar surface area (TPSA) is 0 Å². The van der Waals surface area contributed by atoms with E-state index in [4.69, 9.17) is 11.6 Å². The van der Waals surface area contributed by atoms with E-state index < -0.39 is 0 Å². The van der Waals surface area contributed by atoms with Crippen molar-refractivity contribution in [3.63, 3.8) is 0 Å². The van der Waals surface area contributed by atoms with Gasteiger partial charge in [-0.1, -0.05) is 90.5 Å². The lowest BCUT2D eigenvalue weighted by atomic mass is 9.88. The van der Waals surface area contributed by atoms with Gasteiger partial charge in [0.2, 0.25) is 0 Å². The molecule has 0 aliphatic heterocycles. The first-order valence-electron chi connectivity index (χ1n) is 8.26. The largest absolute Gasteiger partial charge is 0.126 e. The van der Waals surface area contributed by atoms with Crippen LogP contribution in [0.3, 0.4) is 0 Å². The molecule has 1 heteroatoms. The summed E-state index contributed by atoms with van der Waals surface area (Å²) in [6, 6.07) is 29.9. The fourth-order valence-electron chi connectivity index (χ4n) is 2.99. The second kappa shape index (κ2) is 7.99. The highest BCUT2D eigenvalue weighted by Gasteiger charge is 2.13.